The molecule has 3 N–H and O–H groups in total. The monoisotopic (exact) mass is 283 g/mol. The molecule has 5 nitrogen and oxygen atoms in total. The first kappa shape index (κ1) is 13.1. The van der Waals surface area contributed by atoms with E-state index in [2.05, 4.69) is 4.98 Å². The number of aromatic carboxylic acids is 1. The van der Waals surface area contributed by atoms with Crippen LogP contribution in [0.15, 0.2) is 48.7 Å². The van der Waals surface area contributed by atoms with Gasteiger partial charge in [-0.1, -0.05) is 6.07 Å². The standard InChI is InChI=1S/C16H13NO4/c18-11-4-6-12(7-5-11)21-9-10-8-17-14-3-1-2-13(15(10)14)16(19)20/h1-8,17-18H,9H2,(H,19,20). The van der Waals surface area contributed by atoms with Gasteiger partial charge >= 0.3 is 5.97 Å². The van der Waals surface area contributed by atoms with E-state index in [1.54, 1.807) is 30.5 Å². The number of phenolic OH excluding ortho intramolecular Hbond substituents is 1. The van der Waals surface area contributed by atoms with Crippen molar-refractivity contribution in [3.8, 4) is 11.5 Å². The second kappa shape index (κ2) is 5.20. The zero-order chi connectivity index (χ0) is 14.8. The molecule has 0 unspecified atom stereocenters. The molecule has 0 amide bonds. The van der Waals surface area contributed by atoms with Crippen LogP contribution in [0.25, 0.3) is 10.9 Å². The molecule has 3 aromatic rings. The lowest BCUT2D eigenvalue weighted by molar-refractivity contribution is 0.0699. The van der Waals surface area contributed by atoms with E-state index in [-0.39, 0.29) is 17.9 Å². The fourth-order valence-corrected chi connectivity index (χ4v) is 2.25. The number of carbonyl (C=O) groups is 1. The fraction of sp³-hybridized carbons (Fsp3) is 0.0625. The molecule has 0 radical (unpaired) electrons. The third-order valence-electron chi connectivity index (χ3n) is 3.25. The van der Waals surface area contributed by atoms with Gasteiger partial charge in [-0.2, -0.15) is 0 Å². The van der Waals surface area contributed by atoms with Gasteiger partial charge in [0.15, 0.2) is 0 Å². The number of aromatic nitrogens is 1. The maximum Gasteiger partial charge on any atom is 0.336 e. The van der Waals surface area contributed by atoms with E-state index in [1.807, 2.05) is 6.07 Å². The molecule has 2 aromatic carbocycles. The Morgan fingerprint density at radius 3 is 2.62 bits per heavy atom. The molecule has 0 spiro atoms. The number of hydrogen-bond donors (Lipinski definition) is 3. The minimum Gasteiger partial charge on any atom is -0.508 e. The van der Waals surface area contributed by atoms with E-state index in [4.69, 9.17) is 4.74 Å². The van der Waals surface area contributed by atoms with E-state index < -0.39 is 5.97 Å². The lowest BCUT2D eigenvalue weighted by atomic mass is 10.1. The number of aromatic hydroxyl groups is 1. The average Bonchev–Trinajstić information content (AvgIpc) is 2.90. The number of benzene rings is 2. The van der Waals surface area contributed by atoms with Crippen molar-refractivity contribution in [3.05, 3.63) is 59.8 Å². The molecule has 0 bridgehead atoms. The predicted octanol–water partition coefficient (Wildman–Crippen LogP) is 3.15. The van der Waals surface area contributed by atoms with Crippen LogP contribution in [0.4, 0.5) is 0 Å². The van der Waals surface area contributed by atoms with Crippen LogP contribution in [-0.2, 0) is 6.61 Å². The van der Waals surface area contributed by atoms with Crippen molar-refractivity contribution in [2.75, 3.05) is 0 Å². The summed E-state index contributed by atoms with van der Waals surface area (Å²) in [6.07, 6.45) is 1.75. The van der Waals surface area contributed by atoms with Gasteiger partial charge in [0.1, 0.15) is 18.1 Å². The van der Waals surface area contributed by atoms with E-state index in [0.717, 1.165) is 11.1 Å². The van der Waals surface area contributed by atoms with Crippen LogP contribution in [0.2, 0.25) is 0 Å². The first-order valence-electron chi connectivity index (χ1n) is 6.39. The van der Waals surface area contributed by atoms with Crippen LogP contribution >= 0.6 is 0 Å². The minimum absolute atomic E-state index is 0.169. The number of carboxylic acids is 1. The van der Waals surface area contributed by atoms with E-state index in [0.29, 0.717) is 11.1 Å². The summed E-state index contributed by atoms with van der Waals surface area (Å²) in [5, 5.41) is 19.1. The lowest BCUT2D eigenvalue weighted by Crippen LogP contribution is -2.00. The van der Waals surface area contributed by atoms with Gasteiger partial charge in [0.2, 0.25) is 0 Å². The topological polar surface area (TPSA) is 82.5 Å². The molecule has 0 saturated heterocycles. The highest BCUT2D eigenvalue weighted by atomic mass is 16.5. The number of nitrogens with one attached hydrogen (secondary N) is 1. The summed E-state index contributed by atoms with van der Waals surface area (Å²) in [5.74, 6) is -0.191. The Morgan fingerprint density at radius 2 is 1.90 bits per heavy atom. The molecule has 21 heavy (non-hydrogen) atoms. The van der Waals surface area contributed by atoms with Crippen LogP contribution in [0.1, 0.15) is 15.9 Å². The smallest absolute Gasteiger partial charge is 0.336 e. The van der Waals surface area contributed by atoms with Crippen LogP contribution in [-0.4, -0.2) is 21.2 Å². The van der Waals surface area contributed by atoms with Crippen LogP contribution in [0, 0.1) is 0 Å². The highest BCUT2D eigenvalue weighted by Gasteiger charge is 2.13. The molecule has 5 heteroatoms. The normalized spacial score (nSPS) is 10.7. The Bertz CT molecular complexity index is 790. The molecule has 1 aromatic heterocycles. The van der Waals surface area contributed by atoms with Crippen LogP contribution < -0.4 is 4.74 Å². The summed E-state index contributed by atoms with van der Waals surface area (Å²) in [6.45, 7) is 0.245. The second-order valence-corrected chi connectivity index (χ2v) is 4.63. The molecule has 0 aliphatic carbocycles. The zero-order valence-electron chi connectivity index (χ0n) is 11.0. The molecule has 1 heterocycles. The summed E-state index contributed by atoms with van der Waals surface area (Å²) < 4.78 is 5.62. The number of fused-ring (bicyclic) bond motifs is 1. The number of ether oxygens (including phenoxy) is 1. The molecular weight excluding hydrogens is 270 g/mol. The molecule has 106 valence electrons. The average molecular weight is 283 g/mol. The van der Waals surface area contributed by atoms with Gasteiger partial charge in [-0.15, -0.1) is 0 Å². The molecule has 3 rings (SSSR count). The quantitative estimate of drug-likeness (QED) is 0.687. The van der Waals surface area contributed by atoms with Gasteiger partial charge in [0.05, 0.1) is 5.56 Å². The summed E-state index contributed by atoms with van der Waals surface area (Å²) in [7, 11) is 0. The zero-order valence-corrected chi connectivity index (χ0v) is 11.0. The Hall–Kier alpha value is -2.95. The summed E-state index contributed by atoms with van der Waals surface area (Å²) in [5.41, 5.74) is 1.79. The molecule has 0 fully saturated rings. The van der Waals surface area contributed by atoms with Crippen molar-refractivity contribution in [1.29, 1.82) is 0 Å². The first-order valence-corrected chi connectivity index (χ1v) is 6.39. The highest BCUT2D eigenvalue weighted by molar-refractivity contribution is 6.04. The number of aromatic amines is 1. The largest absolute Gasteiger partial charge is 0.508 e. The lowest BCUT2D eigenvalue weighted by Gasteiger charge is -2.06. The van der Waals surface area contributed by atoms with Gasteiger partial charge in [0, 0.05) is 22.7 Å². The highest BCUT2D eigenvalue weighted by Crippen LogP contribution is 2.24. The first-order chi connectivity index (χ1) is 10.1. The van der Waals surface area contributed by atoms with Crippen molar-refractivity contribution in [3.63, 3.8) is 0 Å². The third kappa shape index (κ3) is 2.53. The summed E-state index contributed by atoms with van der Waals surface area (Å²) >= 11 is 0. The summed E-state index contributed by atoms with van der Waals surface area (Å²) in [6, 6.07) is 11.5. The van der Waals surface area contributed by atoms with E-state index >= 15 is 0 Å². The third-order valence-corrected chi connectivity index (χ3v) is 3.25. The van der Waals surface area contributed by atoms with E-state index in [1.165, 1.54) is 12.1 Å². The van der Waals surface area contributed by atoms with Crippen LogP contribution in [0.3, 0.4) is 0 Å². The second-order valence-electron chi connectivity index (χ2n) is 4.63. The maximum absolute atomic E-state index is 11.3. The Labute approximate surface area is 120 Å². The Balaban J connectivity index is 1.90. The van der Waals surface area contributed by atoms with Crippen molar-refractivity contribution >= 4 is 16.9 Å². The number of carboxylic acid groups (broad SMARTS) is 1. The molecule has 0 saturated carbocycles. The molecular formula is C16H13NO4. The van der Waals surface area contributed by atoms with Gasteiger partial charge in [0.25, 0.3) is 0 Å². The Kier molecular flexibility index (Phi) is 3.23. The fourth-order valence-electron chi connectivity index (χ4n) is 2.25. The SMILES string of the molecule is O=C(O)c1cccc2[nH]cc(COc3ccc(O)cc3)c12. The molecule has 0 aliphatic heterocycles. The van der Waals surface area contributed by atoms with Crippen molar-refractivity contribution in [2.45, 2.75) is 6.61 Å². The van der Waals surface area contributed by atoms with Crippen LogP contribution in [0.5, 0.6) is 11.5 Å². The number of phenols is 1. The van der Waals surface area contributed by atoms with Crippen molar-refractivity contribution < 1.29 is 19.7 Å². The van der Waals surface area contributed by atoms with E-state index in [9.17, 15) is 15.0 Å². The predicted molar refractivity (Wildman–Crippen MR) is 77.7 cm³/mol. The Morgan fingerprint density at radius 1 is 1.14 bits per heavy atom. The number of H-pyrrole nitrogens is 1. The maximum atomic E-state index is 11.3. The molecule has 0 aliphatic rings. The summed E-state index contributed by atoms with van der Waals surface area (Å²) in [4.78, 5) is 14.3. The van der Waals surface area contributed by atoms with Gasteiger partial charge < -0.3 is 19.9 Å². The minimum atomic E-state index is -0.967. The van der Waals surface area contributed by atoms with Crippen molar-refractivity contribution in [1.82, 2.24) is 4.98 Å². The van der Waals surface area contributed by atoms with Crippen molar-refractivity contribution in [2.24, 2.45) is 0 Å². The van der Waals surface area contributed by atoms with Gasteiger partial charge in [-0.05, 0) is 36.4 Å². The number of hydrogen-bond acceptors (Lipinski definition) is 3. The molecule has 0 atom stereocenters. The number of rotatable bonds is 4. The van der Waals surface area contributed by atoms with Gasteiger partial charge in [-0.3, -0.25) is 0 Å². The van der Waals surface area contributed by atoms with Gasteiger partial charge in [-0.25, -0.2) is 4.79 Å².